The van der Waals surface area contributed by atoms with Crippen molar-refractivity contribution in [3.05, 3.63) is 66.0 Å². The normalized spacial score (nSPS) is 9.39. The van der Waals surface area contributed by atoms with Crippen molar-refractivity contribution < 1.29 is 21.8 Å². The maximum Gasteiger partial charge on any atom is 0.252 e. The van der Waals surface area contributed by atoms with Crippen LogP contribution in [-0.4, -0.2) is 5.91 Å². The Morgan fingerprint density at radius 1 is 1.11 bits per heavy atom. The van der Waals surface area contributed by atoms with Crippen molar-refractivity contribution in [3.8, 4) is 0 Å². The van der Waals surface area contributed by atoms with Gasteiger partial charge in [0.05, 0.1) is 5.56 Å². The number of benzene rings is 1. The van der Waals surface area contributed by atoms with E-state index in [-0.39, 0.29) is 18.3 Å². The minimum atomic E-state index is -0.0468. The second-order valence-electron chi connectivity index (χ2n) is 3.92. The molecule has 0 fully saturated rings. The molecule has 1 heterocycles. The van der Waals surface area contributed by atoms with Gasteiger partial charge in [0.2, 0.25) is 0 Å². The number of hydrogen-bond donors (Lipinski definition) is 1. The second-order valence-corrected chi connectivity index (χ2v) is 3.92. The van der Waals surface area contributed by atoms with Crippen molar-refractivity contribution in [3.63, 3.8) is 0 Å². The summed E-state index contributed by atoms with van der Waals surface area (Å²) < 4.78 is 1.90. The Kier molecular flexibility index (Phi) is 5.33. The highest BCUT2D eigenvalue weighted by molar-refractivity contribution is 5.93. The number of amides is 1. The number of aromatic nitrogens is 1. The third kappa shape index (κ3) is 3.86. The van der Waals surface area contributed by atoms with Crippen LogP contribution in [0.15, 0.2) is 54.9 Å². The lowest BCUT2D eigenvalue weighted by Crippen LogP contribution is -3.00. The van der Waals surface area contributed by atoms with Crippen LogP contribution in [0.25, 0.3) is 0 Å². The van der Waals surface area contributed by atoms with Gasteiger partial charge >= 0.3 is 0 Å². The first kappa shape index (κ1) is 14.2. The lowest BCUT2D eigenvalue weighted by molar-refractivity contribution is -0.671. The molecule has 1 aromatic carbocycles. The fourth-order valence-electron chi connectivity index (χ4n) is 1.53. The van der Waals surface area contributed by atoms with Crippen LogP contribution >= 0.6 is 0 Å². The van der Waals surface area contributed by atoms with Crippen LogP contribution in [0, 0.1) is 0 Å². The monoisotopic (exact) mass is 262 g/mol. The molecule has 4 heteroatoms. The summed E-state index contributed by atoms with van der Waals surface area (Å²) in [6, 6.07) is 13.5. The van der Waals surface area contributed by atoms with Crippen molar-refractivity contribution in [2.45, 2.75) is 6.54 Å². The van der Waals surface area contributed by atoms with Crippen molar-refractivity contribution in [2.75, 3.05) is 0 Å². The number of rotatable bonds is 3. The van der Waals surface area contributed by atoms with Crippen molar-refractivity contribution in [1.29, 1.82) is 0 Å². The van der Waals surface area contributed by atoms with Gasteiger partial charge in [0.25, 0.3) is 5.91 Å². The predicted molar refractivity (Wildman–Crippen MR) is 65.2 cm³/mol. The molecule has 0 radical (unpaired) electrons. The average molecular weight is 263 g/mol. The van der Waals surface area contributed by atoms with Crippen LogP contribution in [0.1, 0.15) is 15.9 Å². The minimum absolute atomic E-state index is 0. The van der Waals surface area contributed by atoms with Crippen LogP contribution < -0.4 is 22.3 Å². The van der Waals surface area contributed by atoms with Gasteiger partial charge in [0.15, 0.2) is 12.4 Å². The number of carbonyl (C=O) groups excluding carboxylic acids is 1. The Bertz CT molecular complexity index is 497. The molecule has 0 spiro atoms. The summed E-state index contributed by atoms with van der Waals surface area (Å²) >= 11 is 0. The van der Waals surface area contributed by atoms with Gasteiger partial charge in [-0.3, -0.25) is 4.79 Å². The summed E-state index contributed by atoms with van der Waals surface area (Å²) in [6.07, 6.45) is 3.72. The Labute approximate surface area is 113 Å². The Morgan fingerprint density at radius 3 is 2.33 bits per heavy atom. The minimum Gasteiger partial charge on any atom is -1.00 e. The molecule has 3 nitrogen and oxygen atoms in total. The van der Waals surface area contributed by atoms with Gasteiger partial charge in [-0.05, 0) is 5.56 Å². The molecule has 0 saturated heterocycles. The number of nitrogens with one attached hydrogen (secondary N) is 1. The molecule has 1 N–H and O–H groups in total. The molecule has 0 bridgehead atoms. The number of aryl methyl sites for hydroxylation is 1. The zero-order chi connectivity index (χ0) is 12.1. The van der Waals surface area contributed by atoms with E-state index < -0.39 is 0 Å². The SMILES string of the molecule is C[n+]1ccc(C(=O)NCc2ccccc2)cc1.[Cl-]. The Balaban J connectivity index is 0.00000162. The number of halogens is 1. The van der Waals surface area contributed by atoms with Crippen molar-refractivity contribution in [1.82, 2.24) is 5.32 Å². The molecule has 1 amide bonds. The molecule has 0 aliphatic carbocycles. The van der Waals surface area contributed by atoms with Gasteiger partial charge in [0, 0.05) is 18.7 Å². The fraction of sp³-hybridized carbons (Fsp3) is 0.143. The standard InChI is InChI=1S/C14H14N2O.ClH/c1-16-9-7-13(8-10-16)14(17)15-11-12-5-3-2-4-6-12;/h2-10H,11H2,1H3;1H. The van der Waals surface area contributed by atoms with Crippen LogP contribution in [0.3, 0.4) is 0 Å². The molecule has 18 heavy (non-hydrogen) atoms. The van der Waals surface area contributed by atoms with Crippen LogP contribution in [0.5, 0.6) is 0 Å². The summed E-state index contributed by atoms with van der Waals surface area (Å²) in [7, 11) is 1.92. The summed E-state index contributed by atoms with van der Waals surface area (Å²) in [6.45, 7) is 0.556. The highest BCUT2D eigenvalue weighted by Crippen LogP contribution is 1.99. The lowest BCUT2D eigenvalue weighted by atomic mass is 10.2. The summed E-state index contributed by atoms with van der Waals surface area (Å²) in [5.74, 6) is -0.0468. The van der Waals surface area contributed by atoms with Gasteiger partial charge in [-0.1, -0.05) is 30.3 Å². The largest absolute Gasteiger partial charge is 1.00 e. The van der Waals surface area contributed by atoms with Crippen LogP contribution in [0.2, 0.25) is 0 Å². The molecule has 0 unspecified atom stereocenters. The van der Waals surface area contributed by atoms with Crippen LogP contribution in [-0.2, 0) is 13.6 Å². The van der Waals surface area contributed by atoms with E-state index in [1.165, 1.54) is 0 Å². The quantitative estimate of drug-likeness (QED) is 0.668. The molecule has 0 atom stereocenters. The first-order valence-electron chi connectivity index (χ1n) is 5.53. The van der Waals surface area contributed by atoms with E-state index in [9.17, 15) is 4.79 Å². The lowest BCUT2D eigenvalue weighted by Gasteiger charge is -2.04. The van der Waals surface area contributed by atoms with Crippen LogP contribution in [0.4, 0.5) is 0 Å². The Hall–Kier alpha value is -1.87. The van der Waals surface area contributed by atoms with E-state index in [0.717, 1.165) is 5.56 Å². The molecule has 0 saturated carbocycles. The molecule has 0 aliphatic rings. The van der Waals surface area contributed by atoms with E-state index in [4.69, 9.17) is 0 Å². The van der Waals surface area contributed by atoms with Gasteiger partial charge in [-0.2, -0.15) is 0 Å². The number of nitrogens with zero attached hydrogens (tertiary/aromatic N) is 1. The maximum atomic E-state index is 11.8. The maximum absolute atomic E-state index is 11.8. The average Bonchev–Trinajstić information content (AvgIpc) is 2.38. The second kappa shape index (κ2) is 6.77. The highest BCUT2D eigenvalue weighted by atomic mass is 35.5. The number of pyridine rings is 1. The first-order chi connectivity index (χ1) is 8.25. The summed E-state index contributed by atoms with van der Waals surface area (Å²) in [4.78, 5) is 11.8. The number of carbonyl (C=O) groups is 1. The third-order valence-electron chi connectivity index (χ3n) is 2.54. The molecular formula is C14H15ClN2O. The van der Waals surface area contributed by atoms with Gasteiger partial charge in [-0.15, -0.1) is 0 Å². The van der Waals surface area contributed by atoms with E-state index in [0.29, 0.717) is 12.1 Å². The smallest absolute Gasteiger partial charge is 0.252 e. The van der Waals surface area contributed by atoms with E-state index in [2.05, 4.69) is 5.32 Å². The van der Waals surface area contributed by atoms with E-state index >= 15 is 0 Å². The Morgan fingerprint density at radius 2 is 1.72 bits per heavy atom. The fourth-order valence-corrected chi connectivity index (χ4v) is 1.53. The number of hydrogen-bond acceptors (Lipinski definition) is 1. The van der Waals surface area contributed by atoms with E-state index in [1.807, 2.05) is 54.3 Å². The molecule has 0 aliphatic heterocycles. The topological polar surface area (TPSA) is 33.0 Å². The molecule has 2 rings (SSSR count). The van der Waals surface area contributed by atoms with Gasteiger partial charge in [0.1, 0.15) is 7.05 Å². The van der Waals surface area contributed by atoms with Gasteiger partial charge in [-0.25, -0.2) is 4.57 Å². The zero-order valence-electron chi connectivity index (χ0n) is 10.1. The van der Waals surface area contributed by atoms with Crippen molar-refractivity contribution >= 4 is 5.91 Å². The van der Waals surface area contributed by atoms with Crippen molar-refractivity contribution in [2.24, 2.45) is 7.05 Å². The predicted octanol–water partition coefficient (Wildman–Crippen LogP) is -1.55. The first-order valence-corrected chi connectivity index (χ1v) is 5.53. The highest BCUT2D eigenvalue weighted by Gasteiger charge is 2.06. The molecule has 94 valence electrons. The molecule has 1 aromatic heterocycles. The zero-order valence-corrected chi connectivity index (χ0v) is 10.9. The summed E-state index contributed by atoms with van der Waals surface area (Å²) in [5.41, 5.74) is 1.78. The molecule has 2 aromatic rings. The van der Waals surface area contributed by atoms with Gasteiger partial charge < -0.3 is 17.7 Å². The third-order valence-corrected chi connectivity index (χ3v) is 2.54. The molecular weight excluding hydrogens is 248 g/mol. The summed E-state index contributed by atoms with van der Waals surface area (Å²) in [5, 5.41) is 2.89. The van der Waals surface area contributed by atoms with E-state index in [1.54, 1.807) is 12.1 Å².